The Morgan fingerprint density at radius 2 is 1.57 bits per heavy atom. The highest BCUT2D eigenvalue weighted by Gasteiger charge is 2.33. The number of aromatic nitrogens is 1. The zero-order valence-corrected chi connectivity index (χ0v) is 20.8. The van der Waals surface area contributed by atoms with Crippen molar-refractivity contribution in [1.82, 2.24) is 4.98 Å². The molecule has 1 heterocycles. The number of nitrogens with zero attached hydrogens (tertiary/aromatic N) is 1. The number of para-hydroxylation sites is 1. The number of hydrogen-bond donors (Lipinski definition) is 0. The summed E-state index contributed by atoms with van der Waals surface area (Å²) in [7, 11) is 0. The molecule has 0 aliphatic carbocycles. The molecule has 0 atom stereocenters. The van der Waals surface area contributed by atoms with Crippen LogP contribution in [0.25, 0.3) is 22.0 Å². The predicted octanol–water partition coefficient (Wildman–Crippen LogP) is 9.22. The molecule has 0 saturated carbocycles. The zero-order chi connectivity index (χ0) is 26.0. The van der Waals surface area contributed by atoms with Crippen LogP contribution in [-0.4, -0.2) is 4.98 Å². The van der Waals surface area contributed by atoms with E-state index in [1.165, 1.54) is 6.07 Å². The molecular formula is C31H18Cl2F3N. The Morgan fingerprint density at radius 3 is 2.35 bits per heavy atom. The van der Waals surface area contributed by atoms with Gasteiger partial charge in [-0.1, -0.05) is 89.6 Å². The number of alkyl halides is 3. The highest BCUT2D eigenvalue weighted by molar-refractivity contribution is 6.33. The Morgan fingerprint density at radius 1 is 0.784 bits per heavy atom. The van der Waals surface area contributed by atoms with Gasteiger partial charge < -0.3 is 0 Å². The van der Waals surface area contributed by atoms with E-state index in [-0.39, 0.29) is 5.52 Å². The molecule has 0 radical (unpaired) electrons. The van der Waals surface area contributed by atoms with Crippen LogP contribution in [0.5, 0.6) is 0 Å². The summed E-state index contributed by atoms with van der Waals surface area (Å²) in [5.74, 6) is 6.15. The van der Waals surface area contributed by atoms with E-state index in [1.807, 2.05) is 54.6 Å². The summed E-state index contributed by atoms with van der Waals surface area (Å²) in [6.07, 6.45) is -2.46. The minimum Gasteiger partial charge on any atom is -0.255 e. The average Bonchev–Trinajstić information content (AvgIpc) is 2.89. The predicted molar refractivity (Wildman–Crippen MR) is 144 cm³/mol. The molecular weight excluding hydrogens is 514 g/mol. The highest BCUT2D eigenvalue weighted by Crippen LogP contribution is 2.39. The fourth-order valence-corrected chi connectivity index (χ4v) is 4.61. The topological polar surface area (TPSA) is 12.9 Å². The maximum atomic E-state index is 13.8. The Balaban J connectivity index is 1.68. The van der Waals surface area contributed by atoms with Gasteiger partial charge in [-0.15, -0.1) is 0 Å². The lowest BCUT2D eigenvalue weighted by Gasteiger charge is -2.16. The first kappa shape index (κ1) is 24.9. The van der Waals surface area contributed by atoms with Gasteiger partial charge in [0, 0.05) is 27.7 Å². The maximum Gasteiger partial charge on any atom is 0.418 e. The van der Waals surface area contributed by atoms with Gasteiger partial charge in [0.2, 0.25) is 0 Å². The van der Waals surface area contributed by atoms with Crippen LogP contribution < -0.4 is 0 Å². The molecule has 0 bridgehead atoms. The third-order valence-corrected chi connectivity index (χ3v) is 6.50. The summed E-state index contributed by atoms with van der Waals surface area (Å²) in [6.45, 7) is 0. The number of hydrogen-bond acceptors (Lipinski definition) is 1. The molecule has 1 nitrogen and oxygen atoms in total. The summed E-state index contributed by atoms with van der Waals surface area (Å²) in [5, 5.41) is 1.45. The summed E-state index contributed by atoms with van der Waals surface area (Å²) >= 11 is 12.3. The van der Waals surface area contributed by atoms with E-state index in [4.69, 9.17) is 23.2 Å². The molecule has 0 aliphatic rings. The van der Waals surface area contributed by atoms with Crippen molar-refractivity contribution in [3.63, 3.8) is 0 Å². The lowest BCUT2D eigenvalue weighted by atomic mass is 9.91. The maximum absolute atomic E-state index is 13.8. The van der Waals surface area contributed by atoms with E-state index < -0.39 is 11.7 Å². The van der Waals surface area contributed by atoms with E-state index in [9.17, 15) is 13.2 Å². The fourth-order valence-electron chi connectivity index (χ4n) is 4.27. The molecule has 5 rings (SSSR count). The van der Waals surface area contributed by atoms with Crippen LogP contribution in [0.2, 0.25) is 10.0 Å². The summed E-state index contributed by atoms with van der Waals surface area (Å²) in [4.78, 5) is 4.27. The molecule has 37 heavy (non-hydrogen) atoms. The third kappa shape index (κ3) is 5.49. The van der Waals surface area contributed by atoms with Crippen molar-refractivity contribution in [2.75, 3.05) is 0 Å². The van der Waals surface area contributed by atoms with Crippen molar-refractivity contribution in [1.29, 1.82) is 0 Å². The molecule has 0 spiro atoms. The molecule has 0 fully saturated rings. The van der Waals surface area contributed by atoms with Gasteiger partial charge in [0.1, 0.15) is 0 Å². The minimum atomic E-state index is -4.52. The molecule has 0 unspecified atom stereocenters. The van der Waals surface area contributed by atoms with Crippen molar-refractivity contribution in [3.05, 3.63) is 135 Å². The molecule has 0 amide bonds. The second kappa shape index (κ2) is 10.3. The van der Waals surface area contributed by atoms with Crippen LogP contribution in [0.3, 0.4) is 0 Å². The van der Waals surface area contributed by atoms with E-state index in [1.54, 1.807) is 30.5 Å². The van der Waals surface area contributed by atoms with Gasteiger partial charge in [-0.2, -0.15) is 13.2 Å². The van der Waals surface area contributed by atoms with Gasteiger partial charge in [-0.25, -0.2) is 0 Å². The number of halogens is 5. The van der Waals surface area contributed by atoms with Gasteiger partial charge >= 0.3 is 6.18 Å². The monoisotopic (exact) mass is 531 g/mol. The Kier molecular flexibility index (Phi) is 6.93. The van der Waals surface area contributed by atoms with Crippen molar-refractivity contribution in [2.45, 2.75) is 12.6 Å². The van der Waals surface area contributed by atoms with Crippen LogP contribution >= 0.6 is 23.2 Å². The van der Waals surface area contributed by atoms with E-state index >= 15 is 0 Å². The summed E-state index contributed by atoms with van der Waals surface area (Å²) in [6, 6.07) is 26.4. The van der Waals surface area contributed by atoms with Crippen LogP contribution in [-0.2, 0) is 12.6 Å². The molecule has 0 N–H and O–H groups in total. The van der Waals surface area contributed by atoms with Crippen molar-refractivity contribution >= 4 is 34.1 Å². The Bertz CT molecular complexity index is 1670. The van der Waals surface area contributed by atoms with Crippen molar-refractivity contribution in [3.8, 4) is 23.0 Å². The first-order valence-electron chi connectivity index (χ1n) is 11.4. The van der Waals surface area contributed by atoms with Gasteiger partial charge in [-0.3, -0.25) is 4.98 Å². The lowest BCUT2D eigenvalue weighted by Crippen LogP contribution is -2.07. The van der Waals surface area contributed by atoms with E-state index in [0.29, 0.717) is 38.5 Å². The molecule has 4 aromatic carbocycles. The van der Waals surface area contributed by atoms with Gasteiger partial charge in [0.15, 0.2) is 0 Å². The van der Waals surface area contributed by atoms with E-state index in [0.717, 1.165) is 22.8 Å². The number of rotatable bonds is 3. The van der Waals surface area contributed by atoms with Gasteiger partial charge in [0.25, 0.3) is 0 Å². The molecule has 1 aromatic heterocycles. The molecule has 0 aliphatic heterocycles. The third-order valence-electron chi connectivity index (χ3n) is 5.94. The van der Waals surface area contributed by atoms with Crippen LogP contribution in [0.15, 0.2) is 97.2 Å². The Hall–Kier alpha value is -3.78. The second-order valence-electron chi connectivity index (χ2n) is 8.48. The lowest BCUT2D eigenvalue weighted by molar-refractivity contribution is -0.136. The molecule has 0 saturated heterocycles. The minimum absolute atomic E-state index is 0.0796. The van der Waals surface area contributed by atoms with Crippen LogP contribution in [0.4, 0.5) is 13.2 Å². The quantitative estimate of drug-likeness (QED) is 0.211. The largest absolute Gasteiger partial charge is 0.418 e. The first-order valence-corrected chi connectivity index (χ1v) is 12.1. The zero-order valence-electron chi connectivity index (χ0n) is 19.3. The van der Waals surface area contributed by atoms with Crippen molar-refractivity contribution < 1.29 is 13.2 Å². The first-order chi connectivity index (χ1) is 17.8. The standard InChI is InChI=1S/C31H18Cl2F3N/c32-25-14-15-28(33)22(18-25)13-12-21-8-4-9-23(16-21)29-24(17-20-6-2-1-3-7-20)19-37-30-26(29)10-5-11-27(30)31(34,35)36/h1-11,14-16,18-19H,17H2. The Labute approximate surface area is 222 Å². The SMILES string of the molecule is FC(F)(F)c1cccc2c(-c3cccc(C#Cc4cc(Cl)ccc4Cl)c3)c(Cc3ccccc3)cnc12. The smallest absolute Gasteiger partial charge is 0.255 e. The molecule has 6 heteroatoms. The highest BCUT2D eigenvalue weighted by atomic mass is 35.5. The van der Waals surface area contributed by atoms with Crippen LogP contribution in [0.1, 0.15) is 27.8 Å². The van der Waals surface area contributed by atoms with Gasteiger partial charge in [-0.05, 0) is 65.1 Å². The number of benzene rings is 4. The van der Waals surface area contributed by atoms with Gasteiger partial charge in [0.05, 0.1) is 16.1 Å². The number of fused-ring (bicyclic) bond motifs is 1. The number of pyridine rings is 1. The normalized spacial score (nSPS) is 11.3. The average molecular weight is 532 g/mol. The summed E-state index contributed by atoms with van der Waals surface area (Å²) < 4.78 is 41.4. The second-order valence-corrected chi connectivity index (χ2v) is 9.32. The molecule has 182 valence electrons. The fraction of sp³-hybridized carbons (Fsp3) is 0.0645. The van der Waals surface area contributed by atoms with Crippen LogP contribution in [0, 0.1) is 11.8 Å². The summed E-state index contributed by atoms with van der Waals surface area (Å²) in [5.41, 5.74) is 3.74. The van der Waals surface area contributed by atoms with Crippen molar-refractivity contribution in [2.24, 2.45) is 0 Å². The molecule has 5 aromatic rings. The van der Waals surface area contributed by atoms with E-state index in [2.05, 4.69) is 16.8 Å².